The number of amides is 2. The number of likely N-dealkylation sites (N-methyl/N-ethyl adjacent to an activating group) is 1. The Morgan fingerprint density at radius 2 is 1.53 bits per heavy atom. The molecule has 4 aromatic rings. The normalized spacial score (nSPS) is 14.6. The van der Waals surface area contributed by atoms with Gasteiger partial charge in [0.15, 0.2) is 0 Å². The predicted molar refractivity (Wildman–Crippen MR) is 173 cm³/mol. The van der Waals surface area contributed by atoms with Gasteiger partial charge in [0, 0.05) is 30.5 Å². The molecule has 1 saturated carbocycles. The maximum Gasteiger partial charge on any atom is 0.243 e. The molecule has 0 bridgehead atoms. The maximum absolute atomic E-state index is 14.1. The minimum Gasteiger partial charge on any atom is -0.352 e. The Morgan fingerprint density at radius 3 is 2.26 bits per heavy atom. The van der Waals surface area contributed by atoms with E-state index in [0.717, 1.165) is 56.4 Å². The first-order chi connectivity index (χ1) is 20.7. The Balaban J connectivity index is 1.46. The van der Waals surface area contributed by atoms with Crippen LogP contribution in [-0.2, 0) is 32.6 Å². The second kappa shape index (κ2) is 13.8. The molecule has 7 nitrogen and oxygen atoms in total. The van der Waals surface area contributed by atoms with Gasteiger partial charge in [-0.05, 0) is 59.0 Å². The summed E-state index contributed by atoms with van der Waals surface area (Å²) >= 11 is 3.51. The first-order valence-electron chi connectivity index (χ1n) is 14.5. The van der Waals surface area contributed by atoms with Gasteiger partial charge in [-0.15, -0.1) is 0 Å². The monoisotopic (exact) mass is 661 g/mol. The molecule has 1 N–H and O–H groups in total. The van der Waals surface area contributed by atoms with Crippen molar-refractivity contribution in [3.63, 3.8) is 0 Å². The molecule has 0 aliphatic heterocycles. The lowest BCUT2D eigenvalue weighted by Gasteiger charge is -2.33. The largest absolute Gasteiger partial charge is 0.352 e. The van der Waals surface area contributed by atoms with Gasteiger partial charge in [-0.25, -0.2) is 8.42 Å². The van der Waals surface area contributed by atoms with Gasteiger partial charge in [0.1, 0.15) is 6.04 Å². The molecule has 0 saturated heterocycles. The van der Waals surface area contributed by atoms with E-state index in [1.165, 1.54) is 11.9 Å². The highest BCUT2D eigenvalue weighted by molar-refractivity contribution is 9.10. The van der Waals surface area contributed by atoms with E-state index in [1.54, 1.807) is 18.2 Å². The van der Waals surface area contributed by atoms with Crippen molar-refractivity contribution in [2.24, 2.45) is 0 Å². The molecule has 4 aromatic carbocycles. The summed E-state index contributed by atoms with van der Waals surface area (Å²) in [5.74, 6) is -0.673. The van der Waals surface area contributed by atoms with E-state index in [4.69, 9.17) is 0 Å². The van der Waals surface area contributed by atoms with Crippen molar-refractivity contribution >= 4 is 48.5 Å². The van der Waals surface area contributed by atoms with E-state index in [2.05, 4.69) is 21.2 Å². The number of carbonyl (C=O) groups excluding carboxylic acids is 2. The Labute approximate surface area is 262 Å². The zero-order valence-corrected chi connectivity index (χ0v) is 26.6. The van der Waals surface area contributed by atoms with Gasteiger partial charge in [-0.2, -0.15) is 4.31 Å². The summed E-state index contributed by atoms with van der Waals surface area (Å²) in [5, 5.41) is 4.91. The van der Waals surface area contributed by atoms with Crippen molar-refractivity contribution in [3.05, 3.63) is 113 Å². The van der Waals surface area contributed by atoms with Gasteiger partial charge < -0.3 is 10.2 Å². The summed E-state index contributed by atoms with van der Waals surface area (Å²) in [7, 11) is -2.58. The van der Waals surface area contributed by atoms with Gasteiger partial charge in [-0.3, -0.25) is 9.59 Å². The molecule has 9 heteroatoms. The number of rotatable bonds is 11. The van der Waals surface area contributed by atoms with Crippen LogP contribution in [0.4, 0.5) is 0 Å². The van der Waals surface area contributed by atoms with Gasteiger partial charge in [0.25, 0.3) is 0 Å². The number of nitrogens with one attached hydrogen (secondary N) is 1. The number of hydrogen-bond acceptors (Lipinski definition) is 4. The molecular weight excluding hydrogens is 626 g/mol. The molecule has 0 aromatic heterocycles. The van der Waals surface area contributed by atoms with Gasteiger partial charge in [0.2, 0.25) is 21.8 Å². The third-order valence-electron chi connectivity index (χ3n) is 8.00. The molecular formula is C34H36BrN3O4S. The molecule has 0 unspecified atom stereocenters. The van der Waals surface area contributed by atoms with Crippen molar-refractivity contribution in [1.29, 1.82) is 0 Å². The molecule has 43 heavy (non-hydrogen) atoms. The lowest BCUT2D eigenvalue weighted by molar-refractivity contribution is -0.141. The molecule has 5 rings (SSSR count). The van der Waals surface area contributed by atoms with Crippen LogP contribution in [0.3, 0.4) is 0 Å². The van der Waals surface area contributed by atoms with Crippen molar-refractivity contribution in [1.82, 2.24) is 14.5 Å². The number of benzene rings is 4. The van der Waals surface area contributed by atoms with Crippen LogP contribution in [0.15, 0.2) is 106 Å². The third kappa shape index (κ3) is 7.71. The summed E-state index contributed by atoms with van der Waals surface area (Å²) in [4.78, 5) is 29.7. The number of carbonyl (C=O) groups is 2. The summed E-state index contributed by atoms with van der Waals surface area (Å²) in [5.41, 5.74) is 1.74. The van der Waals surface area contributed by atoms with Gasteiger partial charge in [-0.1, -0.05) is 102 Å². The first-order valence-corrected chi connectivity index (χ1v) is 16.8. The Morgan fingerprint density at radius 1 is 0.860 bits per heavy atom. The van der Waals surface area contributed by atoms with Crippen LogP contribution >= 0.6 is 15.9 Å². The minimum absolute atomic E-state index is 0.0737. The fourth-order valence-corrected chi connectivity index (χ4v) is 7.23. The average Bonchev–Trinajstić information content (AvgIpc) is 3.52. The summed E-state index contributed by atoms with van der Waals surface area (Å²) in [6.45, 7) is -0.261. The summed E-state index contributed by atoms with van der Waals surface area (Å²) in [6, 6.07) is 28.9. The van der Waals surface area contributed by atoms with Crippen molar-refractivity contribution in [2.45, 2.75) is 55.6 Å². The zero-order chi connectivity index (χ0) is 30.4. The molecule has 224 valence electrons. The molecule has 0 radical (unpaired) electrons. The van der Waals surface area contributed by atoms with E-state index in [9.17, 15) is 18.0 Å². The topological polar surface area (TPSA) is 86.8 Å². The lowest BCUT2D eigenvalue weighted by atomic mass is 10.0. The van der Waals surface area contributed by atoms with Crippen LogP contribution in [-0.4, -0.2) is 55.1 Å². The standard InChI is InChI=1S/C34H36BrN3O4S/c1-37(43(41,42)31-19-18-27-13-5-6-14-28(27)22-31)24-33(39)38(23-26-12-9-15-29(35)20-26)32(21-25-10-3-2-4-11-25)34(40)36-30-16-7-8-17-30/h2-6,9-15,18-20,22,30,32H,7-8,16-17,21,23-24H2,1H3,(H,36,40)/t32-/m1/s1. The van der Waals surface area contributed by atoms with Crippen LogP contribution in [0.2, 0.25) is 0 Å². The molecule has 1 atom stereocenters. The Hall–Kier alpha value is -3.53. The van der Waals surface area contributed by atoms with Crippen molar-refractivity contribution < 1.29 is 18.0 Å². The maximum atomic E-state index is 14.1. The van der Waals surface area contributed by atoms with Crippen molar-refractivity contribution in [3.8, 4) is 0 Å². The fourth-order valence-electron chi connectivity index (χ4n) is 5.63. The highest BCUT2D eigenvalue weighted by Gasteiger charge is 2.34. The quantitative estimate of drug-likeness (QED) is 0.216. The third-order valence-corrected chi connectivity index (χ3v) is 10.3. The average molecular weight is 663 g/mol. The van der Waals surface area contributed by atoms with Crippen LogP contribution < -0.4 is 5.32 Å². The SMILES string of the molecule is CN(CC(=O)N(Cc1cccc(Br)c1)[C@H](Cc1ccccc1)C(=O)NC1CCCC1)S(=O)(=O)c1ccc2ccccc2c1. The Bertz CT molecular complexity index is 1690. The van der Waals surface area contributed by atoms with Crippen LogP contribution in [0.25, 0.3) is 10.8 Å². The lowest BCUT2D eigenvalue weighted by Crippen LogP contribution is -2.54. The van der Waals surface area contributed by atoms with Gasteiger partial charge >= 0.3 is 0 Å². The molecule has 1 aliphatic rings. The van der Waals surface area contributed by atoms with E-state index < -0.39 is 28.5 Å². The van der Waals surface area contributed by atoms with E-state index >= 15 is 0 Å². The highest BCUT2D eigenvalue weighted by Crippen LogP contribution is 2.24. The van der Waals surface area contributed by atoms with Crippen LogP contribution in [0, 0.1) is 0 Å². The molecule has 0 spiro atoms. The predicted octanol–water partition coefficient (Wildman–Crippen LogP) is 5.92. The second-order valence-electron chi connectivity index (χ2n) is 11.1. The zero-order valence-electron chi connectivity index (χ0n) is 24.2. The van der Waals surface area contributed by atoms with Crippen LogP contribution in [0.5, 0.6) is 0 Å². The number of sulfonamides is 1. The second-order valence-corrected chi connectivity index (χ2v) is 14.1. The first kappa shape index (κ1) is 30.9. The summed E-state index contributed by atoms with van der Waals surface area (Å²) in [6.07, 6.45) is 4.26. The molecule has 0 heterocycles. The van der Waals surface area contributed by atoms with E-state index in [0.29, 0.717) is 6.42 Å². The fraction of sp³-hybridized carbons (Fsp3) is 0.294. The van der Waals surface area contributed by atoms with E-state index in [1.807, 2.05) is 78.9 Å². The minimum atomic E-state index is -3.98. The van der Waals surface area contributed by atoms with Crippen LogP contribution in [0.1, 0.15) is 36.8 Å². The smallest absolute Gasteiger partial charge is 0.243 e. The number of hydrogen-bond donors (Lipinski definition) is 1. The molecule has 2 amide bonds. The summed E-state index contributed by atoms with van der Waals surface area (Å²) < 4.78 is 29.2. The highest BCUT2D eigenvalue weighted by atomic mass is 79.9. The van der Waals surface area contributed by atoms with E-state index in [-0.39, 0.29) is 23.4 Å². The van der Waals surface area contributed by atoms with Gasteiger partial charge in [0.05, 0.1) is 11.4 Å². The molecule has 1 aliphatic carbocycles. The number of halogens is 1. The number of fused-ring (bicyclic) bond motifs is 1. The molecule has 1 fully saturated rings. The van der Waals surface area contributed by atoms with Crippen molar-refractivity contribution in [2.75, 3.05) is 13.6 Å². The Kier molecular flexibility index (Phi) is 9.95. The number of nitrogens with zero attached hydrogens (tertiary/aromatic N) is 2.